The fourth-order valence-electron chi connectivity index (χ4n) is 3.08. The van der Waals surface area contributed by atoms with E-state index in [-0.39, 0.29) is 40.4 Å². The summed E-state index contributed by atoms with van der Waals surface area (Å²) < 4.78 is 39.4. The van der Waals surface area contributed by atoms with Crippen molar-refractivity contribution in [1.82, 2.24) is 15.2 Å². The maximum absolute atomic E-state index is 13.1. The number of H-pyrrole nitrogens is 1. The number of hydrogen-bond acceptors (Lipinski definition) is 5. The lowest BCUT2D eigenvalue weighted by molar-refractivity contribution is -0.140. The predicted octanol–water partition coefficient (Wildman–Crippen LogP) is 3.32. The lowest BCUT2D eigenvalue weighted by Crippen LogP contribution is -2.15. The molecule has 1 unspecified atom stereocenters. The number of carbonyl (C=O) groups is 1. The van der Waals surface area contributed by atoms with Crippen molar-refractivity contribution in [2.75, 3.05) is 11.1 Å². The number of hydrogen-bond donors (Lipinski definition) is 3. The molecule has 3 aromatic rings. The van der Waals surface area contributed by atoms with Crippen molar-refractivity contribution in [3.05, 3.63) is 36.3 Å². The zero-order chi connectivity index (χ0) is 20.1. The molecule has 1 amide bonds. The van der Waals surface area contributed by atoms with Crippen molar-refractivity contribution in [3.8, 4) is 17.2 Å². The van der Waals surface area contributed by atoms with Crippen LogP contribution in [0.25, 0.3) is 21.9 Å². The molecule has 1 fully saturated rings. The minimum Gasteiger partial charge on any atom is -0.398 e. The van der Waals surface area contributed by atoms with Gasteiger partial charge in [0.05, 0.1) is 24.1 Å². The van der Waals surface area contributed by atoms with Crippen LogP contribution in [0.1, 0.15) is 12.1 Å². The number of aromatic nitrogens is 3. The molecule has 4 N–H and O–H groups in total. The number of nitrogens with one attached hydrogen (secondary N) is 2. The van der Waals surface area contributed by atoms with Crippen LogP contribution in [-0.4, -0.2) is 21.1 Å². The van der Waals surface area contributed by atoms with Gasteiger partial charge in [0.15, 0.2) is 0 Å². The van der Waals surface area contributed by atoms with Crippen LogP contribution in [0.5, 0.6) is 0 Å². The number of aromatic amines is 1. The summed E-state index contributed by atoms with van der Waals surface area (Å²) in [5.41, 5.74) is 5.39. The zero-order valence-corrected chi connectivity index (χ0v) is 14.2. The Hall–Kier alpha value is -3.61. The zero-order valence-electron chi connectivity index (χ0n) is 14.2. The summed E-state index contributed by atoms with van der Waals surface area (Å²) in [6.07, 6.45) is -1.55. The molecule has 28 heavy (non-hydrogen) atoms. The van der Waals surface area contributed by atoms with Gasteiger partial charge in [0.2, 0.25) is 5.91 Å². The highest BCUT2D eigenvalue weighted by molar-refractivity contribution is 6.00. The summed E-state index contributed by atoms with van der Waals surface area (Å²) in [4.78, 5) is 16.2. The van der Waals surface area contributed by atoms with Crippen LogP contribution >= 0.6 is 0 Å². The third-order valence-electron chi connectivity index (χ3n) is 4.65. The molecule has 2 atom stereocenters. The molecule has 10 heteroatoms. The second-order valence-corrected chi connectivity index (χ2v) is 6.58. The number of nitrogens with two attached hydrogens (primary N) is 1. The number of alkyl halides is 3. The van der Waals surface area contributed by atoms with Crippen LogP contribution in [0, 0.1) is 23.2 Å². The first-order chi connectivity index (χ1) is 13.3. The lowest BCUT2D eigenvalue weighted by Gasteiger charge is -2.11. The third kappa shape index (κ3) is 3.11. The average molecular weight is 386 g/mol. The molecule has 0 bridgehead atoms. The summed E-state index contributed by atoms with van der Waals surface area (Å²) in [5.74, 6) is -0.721. The maximum atomic E-state index is 13.1. The number of rotatable bonds is 3. The minimum atomic E-state index is -4.59. The van der Waals surface area contributed by atoms with Gasteiger partial charge in [-0.2, -0.15) is 23.5 Å². The molecule has 0 radical (unpaired) electrons. The normalized spacial score (nSPS) is 18.6. The molecule has 0 spiro atoms. The Bertz CT molecular complexity index is 1130. The number of halogens is 3. The van der Waals surface area contributed by atoms with E-state index in [9.17, 15) is 18.0 Å². The molecule has 1 aliphatic carbocycles. The number of anilines is 2. The third-order valence-corrected chi connectivity index (χ3v) is 4.65. The van der Waals surface area contributed by atoms with Gasteiger partial charge in [0.25, 0.3) is 0 Å². The summed E-state index contributed by atoms with van der Waals surface area (Å²) in [7, 11) is 0. The number of fused-ring (bicyclic) bond motifs is 1. The van der Waals surface area contributed by atoms with Crippen molar-refractivity contribution in [2.24, 2.45) is 11.8 Å². The summed E-state index contributed by atoms with van der Waals surface area (Å²) >= 11 is 0. The molecule has 0 saturated heterocycles. The van der Waals surface area contributed by atoms with Crippen LogP contribution in [0.4, 0.5) is 24.7 Å². The van der Waals surface area contributed by atoms with Gasteiger partial charge < -0.3 is 11.1 Å². The Morgan fingerprint density at radius 3 is 2.79 bits per heavy atom. The van der Waals surface area contributed by atoms with E-state index in [2.05, 4.69) is 15.4 Å². The molecule has 0 aliphatic heterocycles. The molecule has 2 aromatic heterocycles. The van der Waals surface area contributed by atoms with E-state index in [0.717, 1.165) is 6.20 Å². The quantitative estimate of drug-likeness (QED) is 0.596. The molecular formula is C18H13F3N6O. The van der Waals surface area contributed by atoms with Crippen molar-refractivity contribution in [2.45, 2.75) is 12.6 Å². The van der Waals surface area contributed by atoms with Gasteiger partial charge >= 0.3 is 6.18 Å². The van der Waals surface area contributed by atoms with Crippen LogP contribution in [0.3, 0.4) is 0 Å². The molecule has 1 aromatic carbocycles. The van der Waals surface area contributed by atoms with E-state index in [1.807, 2.05) is 11.2 Å². The van der Waals surface area contributed by atoms with E-state index >= 15 is 0 Å². The van der Waals surface area contributed by atoms with E-state index < -0.39 is 11.9 Å². The minimum absolute atomic E-state index is 0.127. The molecule has 1 saturated carbocycles. The van der Waals surface area contributed by atoms with Gasteiger partial charge in [-0.15, -0.1) is 0 Å². The number of amides is 1. The lowest BCUT2D eigenvalue weighted by atomic mass is 10.0. The van der Waals surface area contributed by atoms with Gasteiger partial charge in [-0.1, -0.05) is 0 Å². The topological polar surface area (TPSA) is 120 Å². The van der Waals surface area contributed by atoms with Gasteiger partial charge in [-0.25, -0.2) is 4.98 Å². The smallest absolute Gasteiger partial charge is 0.398 e. The number of nitrogen functional groups attached to an aromatic ring is 1. The largest absolute Gasteiger partial charge is 0.433 e. The van der Waals surface area contributed by atoms with Gasteiger partial charge in [0, 0.05) is 22.8 Å². The number of nitrogens with zero attached hydrogens (tertiary/aromatic N) is 3. The fourth-order valence-corrected chi connectivity index (χ4v) is 3.08. The molecule has 1 aliphatic rings. The van der Waals surface area contributed by atoms with Crippen LogP contribution in [-0.2, 0) is 11.0 Å². The highest BCUT2D eigenvalue weighted by Gasteiger charge is 2.43. The first kappa shape index (κ1) is 17.8. The average Bonchev–Trinajstić information content (AvgIpc) is 3.25. The van der Waals surface area contributed by atoms with Crippen molar-refractivity contribution in [3.63, 3.8) is 0 Å². The Morgan fingerprint density at radius 2 is 2.11 bits per heavy atom. The van der Waals surface area contributed by atoms with Crippen LogP contribution < -0.4 is 11.1 Å². The molecule has 142 valence electrons. The Labute approximate surface area is 156 Å². The molecular weight excluding hydrogens is 373 g/mol. The van der Waals surface area contributed by atoms with Crippen molar-refractivity contribution >= 4 is 28.2 Å². The van der Waals surface area contributed by atoms with E-state index in [1.54, 1.807) is 0 Å². The Balaban J connectivity index is 1.71. The number of benzene rings is 1. The van der Waals surface area contributed by atoms with Crippen LogP contribution in [0.15, 0.2) is 30.6 Å². The standard InChI is InChI=1S/C18H13F3N6O/c19-18(20,21)16-13(7-25-27-16)8-1-9-4-15(24-6-12(9)14(23)3-8)26-17(28)11-2-10(11)5-22/h1,3-4,6-7,10-11H,2,23H2,(H,25,27)(H,24,26,28)/t10?,11-/m1/s1. The number of carbonyl (C=O) groups excluding carboxylic acids is 1. The molecule has 7 nitrogen and oxygen atoms in total. The fraction of sp³-hybridized carbons (Fsp3) is 0.222. The summed E-state index contributed by atoms with van der Waals surface area (Å²) in [6, 6.07) is 6.51. The van der Waals surface area contributed by atoms with Gasteiger partial charge in [-0.3, -0.25) is 9.89 Å². The summed E-state index contributed by atoms with van der Waals surface area (Å²) in [6.45, 7) is 0. The van der Waals surface area contributed by atoms with E-state index in [0.29, 0.717) is 17.2 Å². The first-order valence-corrected chi connectivity index (χ1v) is 8.28. The first-order valence-electron chi connectivity index (χ1n) is 8.28. The van der Waals surface area contributed by atoms with Gasteiger partial charge in [0.1, 0.15) is 11.5 Å². The van der Waals surface area contributed by atoms with Gasteiger partial charge in [-0.05, 0) is 35.6 Å². The summed E-state index contributed by atoms with van der Waals surface area (Å²) in [5, 5.41) is 18.0. The Kier molecular flexibility index (Phi) is 3.96. The second-order valence-electron chi connectivity index (χ2n) is 6.58. The second kappa shape index (κ2) is 6.23. The SMILES string of the molecule is N#CC1C[C@H]1C(=O)Nc1cc2cc(-c3cn[nH]c3C(F)(F)F)cc(N)c2cn1. The predicted molar refractivity (Wildman–Crippen MR) is 94.6 cm³/mol. The van der Waals surface area contributed by atoms with Crippen molar-refractivity contribution < 1.29 is 18.0 Å². The monoisotopic (exact) mass is 386 g/mol. The number of nitriles is 1. The molecule has 2 heterocycles. The molecule has 4 rings (SSSR count). The highest BCUT2D eigenvalue weighted by atomic mass is 19.4. The van der Waals surface area contributed by atoms with Crippen LogP contribution in [0.2, 0.25) is 0 Å². The Morgan fingerprint density at radius 1 is 1.32 bits per heavy atom. The van der Waals surface area contributed by atoms with E-state index in [1.165, 1.54) is 24.4 Å². The maximum Gasteiger partial charge on any atom is 0.433 e. The van der Waals surface area contributed by atoms with E-state index in [4.69, 9.17) is 11.0 Å². The highest BCUT2D eigenvalue weighted by Crippen LogP contribution is 2.39. The number of pyridine rings is 1. The van der Waals surface area contributed by atoms with Crippen molar-refractivity contribution in [1.29, 1.82) is 5.26 Å².